The summed E-state index contributed by atoms with van der Waals surface area (Å²) in [5.41, 5.74) is 0.331. The van der Waals surface area contributed by atoms with E-state index < -0.39 is 11.9 Å². The van der Waals surface area contributed by atoms with E-state index in [1.54, 1.807) is 38.4 Å². The SMILES string of the molecule is CN(C)C(=O)c1ccc(CNc2nccc(C(F)(F)F)n2)cc1. The fourth-order valence-electron chi connectivity index (χ4n) is 1.81. The minimum atomic E-state index is -4.51. The molecular weight excluding hydrogens is 309 g/mol. The summed E-state index contributed by atoms with van der Waals surface area (Å²) in [4.78, 5) is 20.4. The summed E-state index contributed by atoms with van der Waals surface area (Å²) in [6, 6.07) is 7.57. The number of nitrogens with one attached hydrogen (secondary N) is 1. The zero-order chi connectivity index (χ0) is 17.0. The van der Waals surface area contributed by atoms with Crippen LogP contribution in [0.5, 0.6) is 0 Å². The molecule has 0 radical (unpaired) electrons. The van der Waals surface area contributed by atoms with E-state index in [1.165, 1.54) is 4.90 Å². The van der Waals surface area contributed by atoms with E-state index >= 15 is 0 Å². The summed E-state index contributed by atoms with van der Waals surface area (Å²) in [6.45, 7) is 0.248. The lowest BCUT2D eigenvalue weighted by Crippen LogP contribution is -2.21. The molecule has 2 rings (SSSR count). The van der Waals surface area contributed by atoms with E-state index in [9.17, 15) is 18.0 Å². The van der Waals surface area contributed by atoms with Crippen LogP contribution in [0.2, 0.25) is 0 Å². The Balaban J connectivity index is 2.03. The molecule has 1 heterocycles. The third kappa shape index (κ3) is 4.41. The largest absolute Gasteiger partial charge is 0.433 e. The molecule has 1 aromatic heterocycles. The number of hydrogen-bond donors (Lipinski definition) is 1. The summed E-state index contributed by atoms with van der Waals surface area (Å²) in [6.07, 6.45) is -3.45. The van der Waals surface area contributed by atoms with Crippen LogP contribution in [0.15, 0.2) is 36.5 Å². The van der Waals surface area contributed by atoms with Gasteiger partial charge in [-0.15, -0.1) is 0 Å². The van der Waals surface area contributed by atoms with E-state index in [2.05, 4.69) is 15.3 Å². The Hall–Kier alpha value is -2.64. The number of benzene rings is 1. The van der Waals surface area contributed by atoms with Crippen LogP contribution in [-0.4, -0.2) is 34.9 Å². The van der Waals surface area contributed by atoms with Crippen molar-refractivity contribution in [1.82, 2.24) is 14.9 Å². The summed E-state index contributed by atoms with van der Waals surface area (Å²) in [7, 11) is 3.31. The van der Waals surface area contributed by atoms with Crippen LogP contribution in [0.3, 0.4) is 0 Å². The Labute approximate surface area is 131 Å². The van der Waals surface area contributed by atoms with Gasteiger partial charge in [-0.25, -0.2) is 9.97 Å². The summed E-state index contributed by atoms with van der Waals surface area (Å²) < 4.78 is 37.7. The molecule has 0 unspecified atom stereocenters. The molecule has 1 amide bonds. The lowest BCUT2D eigenvalue weighted by Gasteiger charge is -2.11. The van der Waals surface area contributed by atoms with Gasteiger partial charge >= 0.3 is 6.18 Å². The Kier molecular flexibility index (Phi) is 4.83. The first-order valence-corrected chi connectivity index (χ1v) is 6.72. The topological polar surface area (TPSA) is 58.1 Å². The van der Waals surface area contributed by atoms with Crippen molar-refractivity contribution in [3.8, 4) is 0 Å². The summed E-state index contributed by atoms with van der Waals surface area (Å²) in [5.74, 6) is -0.223. The number of aromatic nitrogens is 2. The van der Waals surface area contributed by atoms with Gasteiger partial charge in [0.05, 0.1) is 0 Å². The van der Waals surface area contributed by atoms with Gasteiger partial charge in [-0.1, -0.05) is 12.1 Å². The number of anilines is 1. The highest BCUT2D eigenvalue weighted by atomic mass is 19.4. The lowest BCUT2D eigenvalue weighted by atomic mass is 10.1. The molecule has 1 aromatic carbocycles. The molecule has 0 aliphatic rings. The quantitative estimate of drug-likeness (QED) is 0.939. The second-order valence-electron chi connectivity index (χ2n) is 5.01. The third-order valence-electron chi connectivity index (χ3n) is 3.00. The van der Waals surface area contributed by atoms with Gasteiger partial charge in [-0.2, -0.15) is 13.2 Å². The number of carbonyl (C=O) groups is 1. The average molecular weight is 324 g/mol. The molecule has 0 atom stereocenters. The molecule has 2 aromatic rings. The van der Waals surface area contributed by atoms with Crippen molar-refractivity contribution < 1.29 is 18.0 Å². The normalized spacial score (nSPS) is 11.2. The average Bonchev–Trinajstić information content (AvgIpc) is 2.52. The number of hydrogen-bond acceptors (Lipinski definition) is 4. The molecule has 8 heteroatoms. The molecule has 0 fully saturated rings. The van der Waals surface area contributed by atoms with Gasteiger partial charge in [0, 0.05) is 32.4 Å². The zero-order valence-corrected chi connectivity index (χ0v) is 12.6. The van der Waals surface area contributed by atoms with Crippen molar-refractivity contribution in [1.29, 1.82) is 0 Å². The van der Waals surface area contributed by atoms with Crippen LogP contribution < -0.4 is 5.32 Å². The number of amides is 1. The van der Waals surface area contributed by atoms with Crippen LogP contribution in [-0.2, 0) is 12.7 Å². The predicted octanol–water partition coefficient (Wildman–Crippen LogP) is 2.81. The first kappa shape index (κ1) is 16.7. The van der Waals surface area contributed by atoms with Crippen LogP contribution >= 0.6 is 0 Å². The van der Waals surface area contributed by atoms with Crippen molar-refractivity contribution in [2.45, 2.75) is 12.7 Å². The highest BCUT2D eigenvalue weighted by molar-refractivity contribution is 5.93. The lowest BCUT2D eigenvalue weighted by molar-refractivity contribution is -0.141. The summed E-state index contributed by atoms with van der Waals surface area (Å²) in [5, 5.41) is 2.73. The number of carbonyl (C=O) groups excluding carboxylic acids is 1. The van der Waals surface area contributed by atoms with Crippen LogP contribution in [0.4, 0.5) is 19.1 Å². The second kappa shape index (κ2) is 6.64. The molecule has 122 valence electrons. The smallest absolute Gasteiger partial charge is 0.350 e. The number of halogens is 3. The van der Waals surface area contributed by atoms with Crippen molar-refractivity contribution in [2.75, 3.05) is 19.4 Å². The van der Waals surface area contributed by atoms with Gasteiger partial charge in [0.25, 0.3) is 5.91 Å². The molecule has 0 bridgehead atoms. The molecule has 0 saturated carbocycles. The van der Waals surface area contributed by atoms with Gasteiger partial charge in [-0.3, -0.25) is 4.79 Å². The highest BCUT2D eigenvalue weighted by Gasteiger charge is 2.32. The van der Waals surface area contributed by atoms with Gasteiger partial charge in [0.15, 0.2) is 0 Å². The predicted molar refractivity (Wildman–Crippen MR) is 78.8 cm³/mol. The van der Waals surface area contributed by atoms with Gasteiger partial charge in [0.1, 0.15) is 5.69 Å². The van der Waals surface area contributed by atoms with Gasteiger partial charge < -0.3 is 10.2 Å². The fraction of sp³-hybridized carbons (Fsp3) is 0.267. The minimum Gasteiger partial charge on any atom is -0.350 e. The first-order valence-electron chi connectivity index (χ1n) is 6.72. The Bertz CT molecular complexity index is 684. The van der Waals surface area contributed by atoms with E-state index in [0.29, 0.717) is 5.56 Å². The third-order valence-corrected chi connectivity index (χ3v) is 3.00. The molecule has 5 nitrogen and oxygen atoms in total. The van der Waals surface area contributed by atoms with Crippen molar-refractivity contribution >= 4 is 11.9 Å². The number of nitrogens with zero attached hydrogens (tertiary/aromatic N) is 3. The van der Waals surface area contributed by atoms with E-state index in [4.69, 9.17) is 0 Å². The van der Waals surface area contributed by atoms with E-state index in [0.717, 1.165) is 17.8 Å². The molecule has 0 spiro atoms. The maximum Gasteiger partial charge on any atom is 0.433 e. The Morgan fingerprint density at radius 2 is 1.83 bits per heavy atom. The fourth-order valence-corrected chi connectivity index (χ4v) is 1.81. The van der Waals surface area contributed by atoms with E-state index in [-0.39, 0.29) is 18.4 Å². The maximum atomic E-state index is 12.6. The van der Waals surface area contributed by atoms with E-state index in [1.807, 2.05) is 0 Å². The standard InChI is InChI=1S/C15H15F3N4O/c1-22(2)13(23)11-5-3-10(4-6-11)9-20-14-19-8-7-12(21-14)15(16,17)18/h3-8H,9H2,1-2H3,(H,19,20,21). The number of alkyl halides is 3. The highest BCUT2D eigenvalue weighted by Crippen LogP contribution is 2.27. The second-order valence-corrected chi connectivity index (χ2v) is 5.01. The van der Waals surface area contributed by atoms with Crippen molar-refractivity contribution in [3.63, 3.8) is 0 Å². The number of rotatable bonds is 4. The molecule has 1 N–H and O–H groups in total. The molecular formula is C15H15F3N4O. The molecule has 23 heavy (non-hydrogen) atoms. The maximum absolute atomic E-state index is 12.6. The Morgan fingerprint density at radius 3 is 2.39 bits per heavy atom. The van der Waals surface area contributed by atoms with Crippen LogP contribution in [0.25, 0.3) is 0 Å². The summed E-state index contributed by atoms with van der Waals surface area (Å²) >= 11 is 0. The molecule has 0 aliphatic carbocycles. The van der Waals surface area contributed by atoms with Crippen LogP contribution in [0, 0.1) is 0 Å². The minimum absolute atomic E-state index is 0.103. The molecule has 0 saturated heterocycles. The van der Waals surface area contributed by atoms with Crippen molar-refractivity contribution in [3.05, 3.63) is 53.3 Å². The van der Waals surface area contributed by atoms with Gasteiger partial charge in [-0.05, 0) is 23.8 Å². The van der Waals surface area contributed by atoms with Crippen molar-refractivity contribution in [2.24, 2.45) is 0 Å². The zero-order valence-electron chi connectivity index (χ0n) is 12.6. The van der Waals surface area contributed by atoms with Crippen LogP contribution in [0.1, 0.15) is 21.6 Å². The van der Waals surface area contributed by atoms with Gasteiger partial charge in [0.2, 0.25) is 5.95 Å². The monoisotopic (exact) mass is 324 g/mol. The Morgan fingerprint density at radius 1 is 1.17 bits per heavy atom. The first-order chi connectivity index (χ1) is 10.8. The molecule has 0 aliphatic heterocycles.